The Morgan fingerprint density at radius 2 is 1.10 bits per heavy atom. The summed E-state index contributed by atoms with van der Waals surface area (Å²) in [7, 11) is 1.27. The summed E-state index contributed by atoms with van der Waals surface area (Å²) in [5.41, 5.74) is 0.987. The van der Waals surface area contributed by atoms with Crippen LogP contribution >= 0.6 is 0 Å². The van der Waals surface area contributed by atoms with Gasteiger partial charge in [-0.25, -0.2) is 4.79 Å². The molecule has 2 amide bonds. The molecule has 0 radical (unpaired) electrons. The van der Waals surface area contributed by atoms with Gasteiger partial charge < -0.3 is 34.3 Å². The van der Waals surface area contributed by atoms with Crippen LogP contribution in [-0.4, -0.2) is 61.3 Å². The quantitative estimate of drug-likeness (QED) is 0.116. The maximum atomic E-state index is 13.3. The summed E-state index contributed by atoms with van der Waals surface area (Å²) < 4.78 is 27.0. The summed E-state index contributed by atoms with van der Waals surface area (Å²) in [5, 5.41) is 16.9. The highest BCUT2D eigenvalue weighted by Crippen LogP contribution is 2.32. The molecule has 1 saturated heterocycles. The maximum Gasteiger partial charge on any atom is 0.337 e. The highest BCUT2D eigenvalue weighted by atomic mass is 16.6. The van der Waals surface area contributed by atoms with Crippen LogP contribution in [0.3, 0.4) is 0 Å². The van der Waals surface area contributed by atoms with Crippen molar-refractivity contribution in [3.8, 4) is 17.2 Å². The topological polar surface area (TPSA) is 165 Å². The Bertz CT molecular complexity index is 1590. The molecule has 0 spiro atoms. The zero-order valence-corrected chi connectivity index (χ0v) is 28.3. The van der Waals surface area contributed by atoms with E-state index in [1.54, 1.807) is 33.8 Å². The van der Waals surface area contributed by atoms with Crippen LogP contribution in [-0.2, 0) is 9.47 Å². The number of esters is 1. The number of rotatable bonds is 12. The number of nitro groups is 1. The summed E-state index contributed by atoms with van der Waals surface area (Å²) in [6.45, 7) is 12.7. The molecule has 4 rings (SSSR count). The standard InChI is InChI=1S/C31H35N3O9.C4H8O/c1-17(2)41-26-14-20(29(35)33-24-12-9-22(31(37)40-7)16-27(24)42-18(3)4)8-11-23(26)32-30(36)21-10-13-25(34(38)39)28(15-21)43-19(5)6;1-2-4-5-3-1/h8-19H,1-7H3,(H,32,36)(H,33,35);1-4H2. The molecule has 3 aromatic rings. The van der Waals surface area contributed by atoms with E-state index in [2.05, 4.69) is 10.6 Å². The summed E-state index contributed by atoms with van der Waals surface area (Å²) in [4.78, 5) is 49.2. The van der Waals surface area contributed by atoms with E-state index >= 15 is 0 Å². The molecule has 1 aliphatic rings. The molecule has 2 N–H and O–H groups in total. The first-order valence-corrected chi connectivity index (χ1v) is 15.6. The first-order valence-electron chi connectivity index (χ1n) is 15.6. The van der Waals surface area contributed by atoms with Crippen LogP contribution in [0.2, 0.25) is 0 Å². The monoisotopic (exact) mass is 665 g/mol. The van der Waals surface area contributed by atoms with Gasteiger partial charge in [0.1, 0.15) is 11.5 Å². The van der Waals surface area contributed by atoms with Gasteiger partial charge in [-0.15, -0.1) is 0 Å². The van der Waals surface area contributed by atoms with E-state index in [1.165, 1.54) is 68.5 Å². The number of nitrogens with zero attached hydrogens (tertiary/aromatic N) is 1. The van der Waals surface area contributed by atoms with Crippen LogP contribution in [0.15, 0.2) is 54.6 Å². The van der Waals surface area contributed by atoms with Gasteiger partial charge in [0, 0.05) is 36.5 Å². The van der Waals surface area contributed by atoms with Gasteiger partial charge in [0.25, 0.3) is 11.8 Å². The largest absolute Gasteiger partial charge is 0.489 e. The average molecular weight is 666 g/mol. The minimum absolute atomic E-state index is 0.0289. The van der Waals surface area contributed by atoms with Crippen molar-refractivity contribution in [2.24, 2.45) is 0 Å². The molecular weight excluding hydrogens is 622 g/mol. The summed E-state index contributed by atoms with van der Waals surface area (Å²) in [6.07, 6.45) is 1.68. The lowest BCUT2D eigenvalue weighted by molar-refractivity contribution is -0.386. The fraction of sp³-hybridized carbons (Fsp3) is 0.400. The van der Waals surface area contributed by atoms with Gasteiger partial charge >= 0.3 is 11.7 Å². The lowest BCUT2D eigenvalue weighted by Crippen LogP contribution is -2.18. The van der Waals surface area contributed by atoms with Crippen molar-refractivity contribution in [1.29, 1.82) is 0 Å². The van der Waals surface area contributed by atoms with Gasteiger partial charge in [-0.1, -0.05) is 0 Å². The van der Waals surface area contributed by atoms with E-state index in [0.29, 0.717) is 5.69 Å². The normalized spacial score (nSPS) is 12.2. The van der Waals surface area contributed by atoms with Gasteiger partial charge in [0.05, 0.1) is 47.3 Å². The first kappa shape index (κ1) is 37.3. The Hall–Kier alpha value is -5.17. The summed E-state index contributed by atoms with van der Waals surface area (Å²) in [6, 6.07) is 12.9. The number of hydrogen-bond donors (Lipinski definition) is 2. The molecule has 1 aliphatic heterocycles. The second-order valence-corrected chi connectivity index (χ2v) is 11.6. The molecule has 0 saturated carbocycles. The predicted molar refractivity (Wildman–Crippen MR) is 181 cm³/mol. The van der Waals surface area contributed by atoms with Crippen LogP contribution in [0.25, 0.3) is 0 Å². The summed E-state index contributed by atoms with van der Waals surface area (Å²) >= 11 is 0. The average Bonchev–Trinajstić information content (AvgIpc) is 3.62. The molecule has 13 heteroatoms. The second kappa shape index (κ2) is 17.7. The Kier molecular flexibility index (Phi) is 13.7. The number of benzene rings is 3. The molecule has 0 aromatic heterocycles. The maximum absolute atomic E-state index is 13.3. The molecule has 48 heavy (non-hydrogen) atoms. The third kappa shape index (κ3) is 11.0. The number of nitro benzene ring substituents is 1. The summed E-state index contributed by atoms with van der Waals surface area (Å²) in [5.74, 6) is -1.10. The minimum atomic E-state index is -0.580. The Balaban J connectivity index is 0.00000114. The Labute approximate surface area is 280 Å². The first-order chi connectivity index (χ1) is 22.8. The van der Waals surface area contributed by atoms with Crippen LogP contribution < -0.4 is 24.8 Å². The number of carbonyl (C=O) groups is 3. The number of carbonyl (C=O) groups excluding carboxylic acids is 3. The number of ether oxygens (including phenoxy) is 5. The number of methoxy groups -OCH3 is 1. The number of amides is 2. The van der Waals surface area contributed by atoms with Crippen molar-refractivity contribution in [2.75, 3.05) is 31.0 Å². The molecule has 0 bridgehead atoms. The predicted octanol–water partition coefficient (Wildman–Crippen LogP) is 7.04. The van der Waals surface area contributed by atoms with E-state index < -0.39 is 22.7 Å². The van der Waals surface area contributed by atoms with Crippen molar-refractivity contribution in [3.05, 3.63) is 81.4 Å². The highest BCUT2D eigenvalue weighted by Gasteiger charge is 2.21. The van der Waals surface area contributed by atoms with Crippen molar-refractivity contribution in [3.63, 3.8) is 0 Å². The molecule has 0 aliphatic carbocycles. The molecule has 13 nitrogen and oxygen atoms in total. The zero-order valence-electron chi connectivity index (χ0n) is 28.3. The number of hydrogen-bond acceptors (Lipinski definition) is 10. The van der Waals surface area contributed by atoms with Crippen molar-refractivity contribution in [2.45, 2.75) is 72.7 Å². The minimum Gasteiger partial charge on any atom is -0.489 e. The highest BCUT2D eigenvalue weighted by molar-refractivity contribution is 6.08. The van der Waals surface area contributed by atoms with Crippen molar-refractivity contribution >= 4 is 34.8 Å². The zero-order chi connectivity index (χ0) is 35.4. The third-order valence-electron chi connectivity index (χ3n) is 6.48. The third-order valence-corrected chi connectivity index (χ3v) is 6.48. The van der Waals surface area contributed by atoms with E-state index in [4.69, 9.17) is 23.7 Å². The van der Waals surface area contributed by atoms with E-state index in [0.717, 1.165) is 13.2 Å². The molecule has 258 valence electrons. The fourth-order valence-electron chi connectivity index (χ4n) is 4.39. The van der Waals surface area contributed by atoms with Crippen molar-refractivity contribution in [1.82, 2.24) is 0 Å². The molecule has 1 fully saturated rings. The Morgan fingerprint density at radius 3 is 1.52 bits per heavy atom. The van der Waals surface area contributed by atoms with Gasteiger partial charge in [0.2, 0.25) is 0 Å². The van der Waals surface area contributed by atoms with Gasteiger partial charge in [-0.05, 0) is 96.8 Å². The van der Waals surface area contributed by atoms with Gasteiger partial charge in [0.15, 0.2) is 5.75 Å². The van der Waals surface area contributed by atoms with E-state index in [-0.39, 0.29) is 63.6 Å². The molecular formula is C35H43N3O10. The van der Waals surface area contributed by atoms with Crippen LogP contribution in [0.4, 0.5) is 17.1 Å². The lowest BCUT2D eigenvalue weighted by atomic mass is 10.1. The molecule has 0 atom stereocenters. The number of anilines is 2. The SMILES string of the molecule is C1CCOC1.COC(=O)c1ccc(NC(=O)c2ccc(NC(=O)c3ccc([N+](=O)[O-])c(OC(C)C)c3)c(OC(C)C)c2)c(OC(C)C)c1. The Morgan fingerprint density at radius 1 is 0.688 bits per heavy atom. The van der Waals surface area contributed by atoms with Crippen LogP contribution in [0, 0.1) is 10.1 Å². The smallest absolute Gasteiger partial charge is 0.337 e. The van der Waals surface area contributed by atoms with Gasteiger partial charge in [-0.2, -0.15) is 0 Å². The van der Waals surface area contributed by atoms with E-state index in [9.17, 15) is 24.5 Å². The van der Waals surface area contributed by atoms with E-state index in [1.807, 2.05) is 13.8 Å². The molecule has 1 heterocycles. The molecule has 0 unspecified atom stereocenters. The number of nitrogens with one attached hydrogen (secondary N) is 2. The van der Waals surface area contributed by atoms with Crippen LogP contribution in [0.1, 0.15) is 85.5 Å². The van der Waals surface area contributed by atoms with Gasteiger partial charge in [-0.3, -0.25) is 19.7 Å². The lowest BCUT2D eigenvalue weighted by Gasteiger charge is -2.18. The van der Waals surface area contributed by atoms with Crippen molar-refractivity contribution < 1.29 is 43.0 Å². The molecule has 3 aromatic carbocycles. The fourth-order valence-corrected chi connectivity index (χ4v) is 4.39. The van der Waals surface area contributed by atoms with Crippen LogP contribution in [0.5, 0.6) is 17.2 Å². The second-order valence-electron chi connectivity index (χ2n) is 11.6.